The zero-order chi connectivity index (χ0) is 19.8. The van der Waals surface area contributed by atoms with E-state index in [0.717, 1.165) is 0 Å². The van der Waals surface area contributed by atoms with E-state index in [9.17, 15) is 4.79 Å². The van der Waals surface area contributed by atoms with Crippen LogP contribution in [0.25, 0.3) is 0 Å². The molecule has 0 aliphatic carbocycles. The summed E-state index contributed by atoms with van der Waals surface area (Å²) in [4.78, 5) is 9.45. The molecule has 158 valence electrons. The lowest BCUT2D eigenvalue weighted by Gasteiger charge is -2.39. The second-order valence-corrected chi connectivity index (χ2v) is 7.23. The van der Waals surface area contributed by atoms with Crippen LogP contribution >= 0.6 is 0 Å². The van der Waals surface area contributed by atoms with Crippen molar-refractivity contribution in [3.63, 3.8) is 0 Å². The van der Waals surface area contributed by atoms with Crippen molar-refractivity contribution in [2.24, 2.45) is 0 Å². The summed E-state index contributed by atoms with van der Waals surface area (Å²) in [5.41, 5.74) is 1.51. The molecule has 0 spiro atoms. The highest BCUT2D eigenvalue weighted by Crippen LogP contribution is 2.19. The topological polar surface area (TPSA) is 57.5 Å². The van der Waals surface area contributed by atoms with Crippen LogP contribution in [0.3, 0.4) is 0 Å². The fraction of sp³-hybridized carbons (Fsp3) is 0.682. The average molecular weight is 402 g/mol. The summed E-state index contributed by atoms with van der Waals surface area (Å²) in [6.07, 6.45) is 6.79. The van der Waals surface area contributed by atoms with Crippen LogP contribution in [-0.4, -0.2) is 46.4 Å². The lowest BCUT2D eigenvalue weighted by molar-refractivity contribution is -0.941. The number of hydrogen-bond acceptors (Lipinski definition) is 2. The van der Waals surface area contributed by atoms with Gasteiger partial charge in [0, 0.05) is 5.56 Å². The number of unbranched alkanes of at least 4 members (excludes halogenated alkanes) is 3. The molecule has 5 heteroatoms. The Morgan fingerprint density at radius 3 is 1.59 bits per heavy atom. The number of rotatable bonds is 12. The standard InChI is InChI=1S/C19H34N.C3H6O3.ClH/c1-4-7-15-20(16-8-5-2,17-9-6-3)18-19-13-11-10-12-14-19;1-2(4)3(5)6;/h10-14H,4-9,15-18H2,1-3H3;2,4H,1H3,(H,5,6);1H/q+1;;/p-1. The first-order chi connectivity index (χ1) is 12.4. The molecule has 4 nitrogen and oxygen atoms in total. The van der Waals surface area contributed by atoms with Gasteiger partial charge in [-0.2, -0.15) is 0 Å². The summed E-state index contributed by atoms with van der Waals surface area (Å²) >= 11 is 0. The molecule has 0 saturated carbocycles. The summed E-state index contributed by atoms with van der Waals surface area (Å²) in [5.74, 6) is -1.19. The second-order valence-electron chi connectivity index (χ2n) is 7.23. The highest BCUT2D eigenvalue weighted by Gasteiger charge is 2.25. The molecular formula is C22H40ClNO3. The molecule has 1 rings (SSSR count). The van der Waals surface area contributed by atoms with Crippen molar-refractivity contribution in [3.05, 3.63) is 35.9 Å². The maximum absolute atomic E-state index is 9.45. The minimum Gasteiger partial charge on any atom is -1.00 e. The Balaban J connectivity index is 0. The van der Waals surface area contributed by atoms with Gasteiger partial charge in [0.15, 0.2) is 0 Å². The maximum Gasteiger partial charge on any atom is 0.332 e. The van der Waals surface area contributed by atoms with E-state index in [2.05, 4.69) is 51.1 Å². The molecule has 0 aromatic heterocycles. The molecular weight excluding hydrogens is 362 g/mol. The van der Waals surface area contributed by atoms with Gasteiger partial charge in [-0.25, -0.2) is 4.79 Å². The maximum atomic E-state index is 9.45. The summed E-state index contributed by atoms with van der Waals surface area (Å²) in [6, 6.07) is 11.1. The summed E-state index contributed by atoms with van der Waals surface area (Å²) in [5, 5.41) is 15.8. The van der Waals surface area contributed by atoms with Crippen LogP contribution in [0.15, 0.2) is 30.3 Å². The normalized spacial score (nSPS) is 11.7. The van der Waals surface area contributed by atoms with Gasteiger partial charge in [-0.3, -0.25) is 0 Å². The number of quaternary nitrogens is 1. The fourth-order valence-electron chi connectivity index (χ4n) is 3.02. The SMILES string of the molecule is CC(O)C(=O)O.CCCC[N+](CCCC)(CCCC)Cc1ccccc1.[Cl-]. The van der Waals surface area contributed by atoms with Crippen LogP contribution in [0.5, 0.6) is 0 Å². The quantitative estimate of drug-likeness (QED) is 0.525. The van der Waals surface area contributed by atoms with Gasteiger partial charge in [0.2, 0.25) is 0 Å². The largest absolute Gasteiger partial charge is 1.00 e. The van der Waals surface area contributed by atoms with Gasteiger partial charge < -0.3 is 27.1 Å². The first-order valence-electron chi connectivity index (χ1n) is 10.2. The number of halogens is 1. The van der Waals surface area contributed by atoms with Crippen LogP contribution in [-0.2, 0) is 11.3 Å². The Labute approximate surface area is 172 Å². The minimum absolute atomic E-state index is 0. The summed E-state index contributed by atoms with van der Waals surface area (Å²) in [6.45, 7) is 13.4. The molecule has 1 unspecified atom stereocenters. The molecule has 1 atom stereocenters. The molecule has 0 aliphatic heterocycles. The monoisotopic (exact) mass is 401 g/mol. The average Bonchev–Trinajstić information content (AvgIpc) is 2.64. The Hall–Kier alpha value is -1.10. The van der Waals surface area contributed by atoms with Crippen LogP contribution in [0.2, 0.25) is 0 Å². The van der Waals surface area contributed by atoms with Gasteiger partial charge in [-0.15, -0.1) is 0 Å². The van der Waals surface area contributed by atoms with E-state index in [1.54, 1.807) is 0 Å². The zero-order valence-corrected chi connectivity index (χ0v) is 18.4. The van der Waals surface area contributed by atoms with Crippen molar-refractivity contribution >= 4 is 5.97 Å². The third kappa shape index (κ3) is 13.7. The highest BCUT2D eigenvalue weighted by molar-refractivity contribution is 5.71. The Morgan fingerprint density at radius 2 is 1.30 bits per heavy atom. The molecule has 0 saturated heterocycles. The number of aliphatic hydroxyl groups is 1. The first-order valence-corrected chi connectivity index (χ1v) is 10.2. The number of aliphatic carboxylic acids is 1. The molecule has 0 bridgehead atoms. The van der Waals surface area contributed by atoms with E-state index in [-0.39, 0.29) is 12.4 Å². The lowest BCUT2D eigenvalue weighted by atomic mass is 10.1. The van der Waals surface area contributed by atoms with Crippen LogP contribution in [0.1, 0.15) is 71.8 Å². The van der Waals surface area contributed by atoms with Crippen molar-refractivity contribution in [1.82, 2.24) is 0 Å². The van der Waals surface area contributed by atoms with Gasteiger partial charge >= 0.3 is 5.97 Å². The lowest BCUT2D eigenvalue weighted by Crippen LogP contribution is -3.00. The van der Waals surface area contributed by atoms with E-state index in [4.69, 9.17) is 10.2 Å². The molecule has 0 fully saturated rings. The number of carbonyl (C=O) groups is 1. The van der Waals surface area contributed by atoms with Crippen molar-refractivity contribution in [3.8, 4) is 0 Å². The van der Waals surface area contributed by atoms with Crippen molar-refractivity contribution in [2.75, 3.05) is 19.6 Å². The van der Waals surface area contributed by atoms with Crippen molar-refractivity contribution in [2.45, 2.75) is 78.9 Å². The van der Waals surface area contributed by atoms with E-state index in [1.165, 1.54) is 81.7 Å². The Bertz CT molecular complexity index is 444. The number of aliphatic hydroxyl groups excluding tert-OH is 1. The van der Waals surface area contributed by atoms with Crippen LogP contribution in [0.4, 0.5) is 0 Å². The third-order valence-electron chi connectivity index (χ3n) is 4.68. The van der Waals surface area contributed by atoms with Crippen molar-refractivity contribution in [1.29, 1.82) is 0 Å². The molecule has 0 amide bonds. The van der Waals surface area contributed by atoms with Crippen molar-refractivity contribution < 1.29 is 31.9 Å². The predicted molar refractivity (Wildman–Crippen MR) is 109 cm³/mol. The van der Waals surface area contributed by atoms with E-state index < -0.39 is 12.1 Å². The minimum atomic E-state index is -1.23. The molecule has 0 aliphatic rings. The number of carboxylic acids is 1. The molecule has 27 heavy (non-hydrogen) atoms. The van der Waals surface area contributed by atoms with E-state index in [0.29, 0.717) is 0 Å². The summed E-state index contributed by atoms with van der Waals surface area (Å²) < 4.78 is 1.31. The number of hydrogen-bond donors (Lipinski definition) is 2. The molecule has 1 aromatic carbocycles. The Kier molecular flexibility index (Phi) is 17.7. The number of benzene rings is 1. The van der Waals surface area contributed by atoms with E-state index >= 15 is 0 Å². The van der Waals surface area contributed by atoms with Gasteiger partial charge in [0.05, 0.1) is 19.6 Å². The van der Waals surface area contributed by atoms with Gasteiger partial charge in [-0.05, 0) is 26.2 Å². The molecule has 1 aromatic rings. The van der Waals surface area contributed by atoms with Gasteiger partial charge in [-0.1, -0.05) is 70.4 Å². The smallest absolute Gasteiger partial charge is 0.332 e. The zero-order valence-electron chi connectivity index (χ0n) is 17.7. The Morgan fingerprint density at radius 1 is 0.926 bits per heavy atom. The second kappa shape index (κ2) is 17.0. The number of nitrogens with zero attached hydrogens (tertiary/aromatic N) is 1. The number of carboxylic acid groups (broad SMARTS) is 1. The molecule has 2 N–H and O–H groups in total. The first kappa shape index (κ1) is 28.1. The third-order valence-corrected chi connectivity index (χ3v) is 4.68. The van der Waals surface area contributed by atoms with Gasteiger partial charge in [0.1, 0.15) is 12.6 Å². The summed E-state index contributed by atoms with van der Waals surface area (Å²) in [7, 11) is 0. The molecule has 0 radical (unpaired) electrons. The van der Waals surface area contributed by atoms with Gasteiger partial charge in [0.25, 0.3) is 0 Å². The van der Waals surface area contributed by atoms with E-state index in [1.807, 2.05) is 0 Å². The van der Waals surface area contributed by atoms with Crippen LogP contribution in [0, 0.1) is 0 Å². The van der Waals surface area contributed by atoms with Crippen LogP contribution < -0.4 is 12.4 Å². The predicted octanol–water partition coefficient (Wildman–Crippen LogP) is 1.86. The molecule has 0 heterocycles. The fourth-order valence-corrected chi connectivity index (χ4v) is 3.02. The highest BCUT2D eigenvalue weighted by atomic mass is 35.5.